The van der Waals surface area contributed by atoms with E-state index in [0.29, 0.717) is 11.8 Å². The van der Waals surface area contributed by atoms with Crippen molar-refractivity contribution in [2.24, 2.45) is 0 Å². The van der Waals surface area contributed by atoms with Gasteiger partial charge in [0.05, 0.1) is 21.5 Å². The number of carbonyl (C=O) groups excluding carboxylic acids is 2. The molecule has 0 unspecified atom stereocenters. The normalized spacial score (nSPS) is 9.91. The van der Waals surface area contributed by atoms with Crippen molar-refractivity contribution in [2.75, 3.05) is 0 Å². The maximum atomic E-state index is 12.0. The summed E-state index contributed by atoms with van der Waals surface area (Å²) in [5, 5.41) is 21.6. The highest BCUT2D eigenvalue weighted by Crippen LogP contribution is 2.24. The number of non-ortho nitro benzene ring substituents is 2. The molecule has 0 aliphatic carbocycles. The summed E-state index contributed by atoms with van der Waals surface area (Å²) in [5.41, 5.74) is -1.15. The van der Waals surface area contributed by atoms with Crippen molar-refractivity contribution >= 4 is 23.6 Å². The molecule has 0 radical (unpaired) electrons. The zero-order valence-electron chi connectivity index (χ0n) is 11.4. The lowest BCUT2D eigenvalue weighted by Crippen LogP contribution is -2.09. The summed E-state index contributed by atoms with van der Waals surface area (Å²) in [4.78, 5) is 42.4. The number of hydrogen-bond acceptors (Lipinski definition) is 7. The first-order valence-corrected chi connectivity index (χ1v) is 6.12. The molecule has 9 nitrogen and oxygen atoms in total. The minimum atomic E-state index is -0.990. The van der Waals surface area contributed by atoms with E-state index in [0.717, 1.165) is 18.2 Å². The van der Waals surface area contributed by atoms with E-state index in [1.54, 1.807) is 0 Å². The molecule has 0 amide bonds. The summed E-state index contributed by atoms with van der Waals surface area (Å²) in [7, 11) is 0. The van der Waals surface area contributed by atoms with Crippen LogP contribution in [0.3, 0.4) is 0 Å². The molecule has 0 aliphatic rings. The number of nitro groups is 2. The Balaban J connectivity index is 2.31. The lowest BCUT2D eigenvalue weighted by molar-refractivity contribution is -0.394. The van der Waals surface area contributed by atoms with E-state index >= 15 is 0 Å². The number of nitro benzene ring substituents is 2. The highest BCUT2D eigenvalue weighted by atomic mass is 16.6. The molecule has 0 saturated carbocycles. The van der Waals surface area contributed by atoms with Crippen LogP contribution < -0.4 is 4.74 Å². The van der Waals surface area contributed by atoms with Crippen molar-refractivity contribution in [3.63, 3.8) is 0 Å². The molecule has 0 bridgehead atoms. The number of nitrogens with zero attached hydrogens (tertiary/aromatic N) is 2. The average Bonchev–Trinajstić information content (AvgIpc) is 2.55. The Bertz CT molecular complexity index is 767. The fourth-order valence-electron chi connectivity index (χ4n) is 1.70. The van der Waals surface area contributed by atoms with Crippen LogP contribution in [0.4, 0.5) is 11.4 Å². The number of ether oxygens (including phenoxy) is 1. The molecule has 0 fully saturated rings. The Morgan fingerprint density at radius 1 is 0.957 bits per heavy atom. The van der Waals surface area contributed by atoms with Crippen LogP contribution in [0.5, 0.6) is 5.75 Å². The van der Waals surface area contributed by atoms with Gasteiger partial charge in [0.15, 0.2) is 0 Å². The molecule has 0 spiro atoms. The van der Waals surface area contributed by atoms with Crippen LogP contribution in [0.15, 0.2) is 42.5 Å². The number of esters is 1. The van der Waals surface area contributed by atoms with E-state index in [1.807, 2.05) is 0 Å². The van der Waals surface area contributed by atoms with Gasteiger partial charge in [0.2, 0.25) is 0 Å². The van der Waals surface area contributed by atoms with Crippen molar-refractivity contribution in [3.8, 4) is 5.75 Å². The minimum Gasteiger partial charge on any atom is -0.423 e. The van der Waals surface area contributed by atoms with E-state index < -0.39 is 27.2 Å². The zero-order valence-corrected chi connectivity index (χ0v) is 11.4. The Morgan fingerprint density at radius 2 is 1.48 bits per heavy atom. The predicted molar refractivity (Wildman–Crippen MR) is 76.5 cm³/mol. The van der Waals surface area contributed by atoms with Crippen LogP contribution in [0, 0.1) is 20.2 Å². The van der Waals surface area contributed by atoms with Gasteiger partial charge < -0.3 is 4.74 Å². The number of aldehydes is 1. The molecular formula is C14H8N2O7. The molecule has 2 aromatic rings. The van der Waals surface area contributed by atoms with Gasteiger partial charge in [-0.15, -0.1) is 0 Å². The van der Waals surface area contributed by atoms with Gasteiger partial charge in [-0.3, -0.25) is 25.0 Å². The molecule has 116 valence electrons. The topological polar surface area (TPSA) is 130 Å². The molecule has 0 aliphatic heterocycles. The first-order valence-electron chi connectivity index (χ1n) is 6.12. The largest absolute Gasteiger partial charge is 0.423 e. The van der Waals surface area contributed by atoms with E-state index in [2.05, 4.69) is 0 Å². The Labute approximate surface area is 128 Å². The lowest BCUT2D eigenvalue weighted by atomic mass is 10.1. The standard InChI is InChI=1S/C14H8N2O7/c17-8-9-1-3-13(4-2-9)23-14(18)10-5-11(15(19)20)7-12(6-10)16(21)22/h1-8H. The molecule has 9 heteroatoms. The molecule has 0 heterocycles. The van der Waals surface area contributed by atoms with Gasteiger partial charge in [0.25, 0.3) is 11.4 Å². The van der Waals surface area contributed by atoms with Crippen molar-refractivity contribution in [2.45, 2.75) is 0 Å². The van der Waals surface area contributed by atoms with Crippen LogP contribution in [0.25, 0.3) is 0 Å². The summed E-state index contributed by atoms with van der Waals surface area (Å²) in [6.45, 7) is 0. The lowest BCUT2D eigenvalue weighted by Gasteiger charge is -2.04. The third-order valence-corrected chi connectivity index (χ3v) is 2.79. The summed E-state index contributed by atoms with van der Waals surface area (Å²) < 4.78 is 4.97. The second-order valence-corrected chi connectivity index (χ2v) is 4.33. The van der Waals surface area contributed by atoms with Crippen molar-refractivity contribution in [1.82, 2.24) is 0 Å². The van der Waals surface area contributed by atoms with Crippen molar-refractivity contribution in [3.05, 3.63) is 73.8 Å². The Kier molecular flexibility index (Phi) is 4.41. The van der Waals surface area contributed by atoms with Gasteiger partial charge in [-0.2, -0.15) is 0 Å². The monoisotopic (exact) mass is 316 g/mol. The number of rotatable bonds is 5. The van der Waals surface area contributed by atoms with Gasteiger partial charge >= 0.3 is 5.97 Å². The SMILES string of the molecule is O=Cc1ccc(OC(=O)c2cc([N+](=O)[O-])cc([N+](=O)[O-])c2)cc1. The quantitative estimate of drug-likeness (QED) is 0.272. The highest BCUT2D eigenvalue weighted by molar-refractivity contribution is 5.92. The molecule has 0 N–H and O–H groups in total. The van der Waals surface area contributed by atoms with Gasteiger partial charge in [-0.1, -0.05) is 0 Å². The van der Waals surface area contributed by atoms with Crippen molar-refractivity contribution in [1.29, 1.82) is 0 Å². The summed E-state index contributed by atoms with van der Waals surface area (Å²) in [5.74, 6) is -0.898. The van der Waals surface area contributed by atoms with Crippen LogP contribution in [0.1, 0.15) is 20.7 Å². The third kappa shape index (κ3) is 3.73. The molecule has 23 heavy (non-hydrogen) atoms. The first kappa shape index (κ1) is 15.8. The van der Waals surface area contributed by atoms with E-state index in [-0.39, 0.29) is 11.3 Å². The first-order chi connectivity index (χ1) is 10.9. The molecule has 0 atom stereocenters. The van der Waals surface area contributed by atoms with E-state index in [4.69, 9.17) is 4.74 Å². The Hall–Kier alpha value is -3.62. The average molecular weight is 316 g/mol. The second kappa shape index (κ2) is 6.43. The summed E-state index contributed by atoms with van der Waals surface area (Å²) >= 11 is 0. The molecular weight excluding hydrogens is 308 g/mol. The highest BCUT2D eigenvalue weighted by Gasteiger charge is 2.21. The van der Waals surface area contributed by atoms with Crippen molar-refractivity contribution < 1.29 is 24.2 Å². The summed E-state index contributed by atoms with van der Waals surface area (Å²) in [6, 6.07) is 8.04. The van der Waals surface area contributed by atoms with Gasteiger partial charge in [-0.25, -0.2) is 4.79 Å². The fourth-order valence-corrected chi connectivity index (χ4v) is 1.70. The zero-order chi connectivity index (χ0) is 17.0. The number of hydrogen-bond donors (Lipinski definition) is 0. The van der Waals surface area contributed by atoms with Gasteiger partial charge in [0, 0.05) is 17.7 Å². The molecule has 0 saturated heterocycles. The third-order valence-electron chi connectivity index (χ3n) is 2.79. The molecule has 2 aromatic carbocycles. The molecule has 0 aromatic heterocycles. The van der Waals surface area contributed by atoms with Crippen LogP contribution >= 0.6 is 0 Å². The number of carbonyl (C=O) groups is 2. The smallest absolute Gasteiger partial charge is 0.344 e. The van der Waals surface area contributed by atoms with E-state index in [9.17, 15) is 29.8 Å². The maximum Gasteiger partial charge on any atom is 0.344 e. The van der Waals surface area contributed by atoms with E-state index in [1.165, 1.54) is 24.3 Å². The Morgan fingerprint density at radius 3 is 1.91 bits per heavy atom. The maximum absolute atomic E-state index is 12.0. The van der Waals surface area contributed by atoms with Crippen LogP contribution in [-0.2, 0) is 0 Å². The summed E-state index contributed by atoms with van der Waals surface area (Å²) in [6.07, 6.45) is 0.607. The minimum absolute atomic E-state index is 0.0924. The fraction of sp³-hybridized carbons (Fsp3) is 0. The molecule has 2 rings (SSSR count). The number of benzene rings is 2. The second-order valence-electron chi connectivity index (χ2n) is 4.33. The van der Waals surface area contributed by atoms with Crippen LogP contribution in [0.2, 0.25) is 0 Å². The van der Waals surface area contributed by atoms with Gasteiger partial charge in [-0.05, 0) is 24.3 Å². The predicted octanol–water partition coefficient (Wildman–Crippen LogP) is 2.53. The van der Waals surface area contributed by atoms with Gasteiger partial charge in [0.1, 0.15) is 12.0 Å². The van der Waals surface area contributed by atoms with Crippen LogP contribution in [-0.4, -0.2) is 22.1 Å².